The summed E-state index contributed by atoms with van der Waals surface area (Å²) in [6.07, 6.45) is 2.38. The molecule has 0 unspecified atom stereocenters. The van der Waals surface area contributed by atoms with Crippen molar-refractivity contribution in [1.82, 2.24) is 25.6 Å². The molecule has 0 radical (unpaired) electrons. The van der Waals surface area contributed by atoms with Crippen LogP contribution in [0.25, 0.3) is 21.1 Å². The van der Waals surface area contributed by atoms with E-state index in [0.29, 0.717) is 5.82 Å². The third kappa shape index (κ3) is 3.02. The average Bonchev–Trinajstić information content (AvgIpc) is 3.25. The van der Waals surface area contributed by atoms with E-state index in [1.54, 1.807) is 11.3 Å². The van der Waals surface area contributed by atoms with E-state index in [1.807, 2.05) is 12.3 Å². The molecule has 4 heterocycles. The highest BCUT2D eigenvalue weighted by atomic mass is 32.1. The van der Waals surface area contributed by atoms with E-state index >= 15 is 0 Å². The molecule has 0 spiro atoms. The van der Waals surface area contributed by atoms with Crippen molar-refractivity contribution >= 4 is 17.2 Å². The first kappa shape index (κ1) is 15.2. The number of hydrogen-bond donors (Lipinski definition) is 1. The van der Waals surface area contributed by atoms with Crippen LogP contribution >= 0.6 is 11.3 Å². The van der Waals surface area contributed by atoms with Crippen molar-refractivity contribution in [1.29, 1.82) is 0 Å². The maximum Gasteiger partial charge on any atom is 0.214 e. The van der Waals surface area contributed by atoms with Gasteiger partial charge in [-0.15, -0.1) is 21.5 Å². The Bertz CT molecular complexity index is 790. The lowest BCUT2D eigenvalue weighted by Crippen LogP contribution is -2.45. The van der Waals surface area contributed by atoms with E-state index in [0.717, 1.165) is 34.2 Å². The first-order valence-corrected chi connectivity index (χ1v) is 8.71. The van der Waals surface area contributed by atoms with Gasteiger partial charge in [0.1, 0.15) is 5.82 Å². The number of anilines is 1. The number of nitrogens with zero attached hydrogens (tertiary/aromatic N) is 5. The minimum absolute atomic E-state index is 0.227. The molecule has 0 amide bonds. The second kappa shape index (κ2) is 6.29. The number of ether oxygens (including phenoxy) is 1. The minimum atomic E-state index is 0.227. The molecule has 124 valence electrons. The average molecular weight is 342 g/mol. The molecule has 1 aliphatic rings. The molecular weight excluding hydrogens is 324 g/mol. The molecule has 7 nitrogen and oxygen atoms in total. The molecule has 0 aliphatic carbocycles. The van der Waals surface area contributed by atoms with Crippen LogP contribution in [0.15, 0.2) is 30.5 Å². The summed E-state index contributed by atoms with van der Waals surface area (Å²) in [4.78, 5) is 9.05. The van der Waals surface area contributed by atoms with Crippen LogP contribution in [0.3, 0.4) is 0 Å². The molecule has 0 bridgehead atoms. The van der Waals surface area contributed by atoms with Crippen LogP contribution in [0.4, 0.5) is 5.82 Å². The molecule has 24 heavy (non-hydrogen) atoms. The number of aromatic amines is 1. The number of aromatic nitrogens is 5. The van der Waals surface area contributed by atoms with Gasteiger partial charge in [0, 0.05) is 29.7 Å². The van der Waals surface area contributed by atoms with Crippen LogP contribution < -0.4 is 4.90 Å². The second-order valence-corrected chi connectivity index (χ2v) is 7.05. The van der Waals surface area contributed by atoms with Crippen molar-refractivity contribution in [3.05, 3.63) is 30.5 Å². The summed E-state index contributed by atoms with van der Waals surface area (Å²) >= 11 is 1.63. The molecule has 3 aromatic rings. The van der Waals surface area contributed by atoms with Crippen LogP contribution in [-0.4, -0.2) is 50.9 Å². The van der Waals surface area contributed by atoms with Crippen LogP contribution in [0.5, 0.6) is 0 Å². The molecule has 1 N–H and O–H groups in total. The Morgan fingerprint density at radius 3 is 2.58 bits per heavy atom. The SMILES string of the molecule is C[C@@H]1CN(c2ccc(-c3ccc(-c4nn[nH]n4)s3)cn2)C[C@H](C)O1. The topological polar surface area (TPSA) is 79.8 Å². The zero-order chi connectivity index (χ0) is 16.5. The Labute approximate surface area is 143 Å². The maximum absolute atomic E-state index is 5.78. The number of H-pyrrole nitrogens is 1. The Balaban J connectivity index is 1.54. The summed E-state index contributed by atoms with van der Waals surface area (Å²) in [6, 6.07) is 8.25. The van der Waals surface area contributed by atoms with E-state index in [2.05, 4.69) is 62.6 Å². The summed E-state index contributed by atoms with van der Waals surface area (Å²) in [7, 11) is 0. The first-order valence-electron chi connectivity index (χ1n) is 7.89. The predicted molar refractivity (Wildman–Crippen MR) is 92.9 cm³/mol. The van der Waals surface area contributed by atoms with Gasteiger partial charge in [0.05, 0.1) is 17.1 Å². The van der Waals surface area contributed by atoms with Crippen LogP contribution in [0, 0.1) is 0 Å². The lowest BCUT2D eigenvalue weighted by molar-refractivity contribution is -0.00545. The monoisotopic (exact) mass is 342 g/mol. The van der Waals surface area contributed by atoms with Crippen LogP contribution in [0.1, 0.15) is 13.8 Å². The lowest BCUT2D eigenvalue weighted by Gasteiger charge is -2.36. The van der Waals surface area contributed by atoms with Crippen molar-refractivity contribution in [3.8, 4) is 21.1 Å². The first-order chi connectivity index (χ1) is 11.7. The standard InChI is InChI=1S/C16H18N6OS/c1-10-8-22(9-11(2)23-10)15-6-3-12(7-17-15)13-4-5-14(24-13)16-18-20-21-19-16/h3-7,10-11H,8-9H2,1-2H3,(H,18,19,20,21)/t10-,11+. The quantitative estimate of drug-likeness (QED) is 0.788. The van der Waals surface area contributed by atoms with E-state index < -0.39 is 0 Å². The summed E-state index contributed by atoms with van der Waals surface area (Å²) < 4.78 is 5.78. The third-order valence-electron chi connectivity index (χ3n) is 3.95. The highest BCUT2D eigenvalue weighted by Crippen LogP contribution is 2.33. The molecule has 4 rings (SSSR count). The molecule has 0 saturated carbocycles. The van der Waals surface area contributed by atoms with Gasteiger partial charge in [-0.05, 0) is 43.3 Å². The van der Waals surface area contributed by atoms with Crippen molar-refractivity contribution < 1.29 is 4.74 Å². The maximum atomic E-state index is 5.78. The fourth-order valence-electron chi connectivity index (χ4n) is 2.96. The Morgan fingerprint density at radius 1 is 1.12 bits per heavy atom. The molecule has 1 fully saturated rings. The van der Waals surface area contributed by atoms with Gasteiger partial charge in [-0.1, -0.05) is 0 Å². The van der Waals surface area contributed by atoms with Crippen molar-refractivity contribution in [2.24, 2.45) is 0 Å². The van der Waals surface area contributed by atoms with Crippen molar-refractivity contribution in [3.63, 3.8) is 0 Å². The van der Waals surface area contributed by atoms with Gasteiger partial charge >= 0.3 is 0 Å². The molecule has 1 saturated heterocycles. The fourth-order valence-corrected chi connectivity index (χ4v) is 3.89. The highest BCUT2D eigenvalue weighted by molar-refractivity contribution is 7.18. The van der Waals surface area contributed by atoms with E-state index in [9.17, 15) is 0 Å². The van der Waals surface area contributed by atoms with Crippen molar-refractivity contribution in [2.45, 2.75) is 26.1 Å². The summed E-state index contributed by atoms with van der Waals surface area (Å²) in [5.74, 6) is 1.61. The zero-order valence-electron chi connectivity index (χ0n) is 13.5. The Morgan fingerprint density at radius 2 is 1.92 bits per heavy atom. The number of thiophene rings is 1. The molecule has 8 heteroatoms. The van der Waals surface area contributed by atoms with E-state index in [1.165, 1.54) is 0 Å². The molecular formula is C16H18N6OS. The van der Waals surface area contributed by atoms with E-state index in [4.69, 9.17) is 4.74 Å². The number of morpholine rings is 1. The van der Waals surface area contributed by atoms with Gasteiger partial charge in [0.25, 0.3) is 0 Å². The third-order valence-corrected chi connectivity index (χ3v) is 5.08. The summed E-state index contributed by atoms with van der Waals surface area (Å²) in [5.41, 5.74) is 1.09. The largest absolute Gasteiger partial charge is 0.372 e. The number of tetrazole rings is 1. The molecule has 0 aromatic carbocycles. The molecule has 3 aromatic heterocycles. The minimum Gasteiger partial charge on any atom is -0.372 e. The van der Waals surface area contributed by atoms with Crippen LogP contribution in [-0.2, 0) is 4.74 Å². The number of hydrogen-bond acceptors (Lipinski definition) is 7. The number of nitrogens with one attached hydrogen (secondary N) is 1. The smallest absolute Gasteiger partial charge is 0.214 e. The van der Waals surface area contributed by atoms with Gasteiger partial charge < -0.3 is 9.64 Å². The van der Waals surface area contributed by atoms with Crippen molar-refractivity contribution in [2.75, 3.05) is 18.0 Å². The fraction of sp³-hybridized carbons (Fsp3) is 0.375. The number of pyridine rings is 1. The number of rotatable bonds is 3. The van der Waals surface area contributed by atoms with Gasteiger partial charge in [0.15, 0.2) is 0 Å². The lowest BCUT2D eigenvalue weighted by atomic mass is 10.2. The zero-order valence-corrected chi connectivity index (χ0v) is 14.3. The second-order valence-electron chi connectivity index (χ2n) is 5.97. The van der Waals surface area contributed by atoms with E-state index in [-0.39, 0.29) is 12.2 Å². The molecule has 1 aliphatic heterocycles. The summed E-state index contributed by atoms with van der Waals surface area (Å²) in [6.45, 7) is 5.94. The Hall–Kier alpha value is -2.32. The Kier molecular flexibility index (Phi) is 3.99. The normalized spacial score (nSPS) is 21.2. The van der Waals surface area contributed by atoms with Crippen LogP contribution in [0.2, 0.25) is 0 Å². The highest BCUT2D eigenvalue weighted by Gasteiger charge is 2.23. The van der Waals surface area contributed by atoms with Gasteiger partial charge in [-0.3, -0.25) is 0 Å². The van der Waals surface area contributed by atoms with Gasteiger partial charge in [-0.25, -0.2) is 4.98 Å². The van der Waals surface area contributed by atoms with Gasteiger partial charge in [0.2, 0.25) is 5.82 Å². The van der Waals surface area contributed by atoms with Gasteiger partial charge in [-0.2, -0.15) is 5.21 Å². The predicted octanol–water partition coefficient (Wildman–Crippen LogP) is 2.60. The molecule has 2 atom stereocenters. The summed E-state index contributed by atoms with van der Waals surface area (Å²) in [5, 5.41) is 14.1.